The minimum absolute atomic E-state index is 0.806. The maximum atomic E-state index is 5.29. The van der Waals surface area contributed by atoms with Crippen molar-refractivity contribution in [3.05, 3.63) is 11.6 Å². The third-order valence-corrected chi connectivity index (χ3v) is 4.13. The second-order valence-electron chi connectivity index (χ2n) is 4.59. The van der Waals surface area contributed by atoms with E-state index < -0.39 is 0 Å². The highest BCUT2D eigenvalue weighted by Crippen LogP contribution is 2.18. The molecule has 19 heavy (non-hydrogen) atoms. The lowest BCUT2D eigenvalue weighted by Gasteiger charge is -2.34. The van der Waals surface area contributed by atoms with Crippen LogP contribution in [-0.2, 0) is 4.74 Å². The minimum atomic E-state index is 0.806. The molecule has 5 nitrogen and oxygen atoms in total. The van der Waals surface area contributed by atoms with Gasteiger partial charge < -0.3 is 15.0 Å². The molecule has 0 atom stereocenters. The monoisotopic (exact) mass is 284 g/mol. The van der Waals surface area contributed by atoms with Crippen molar-refractivity contribution in [3.63, 3.8) is 0 Å². The van der Waals surface area contributed by atoms with E-state index in [1.54, 1.807) is 11.3 Å². The first kappa shape index (κ1) is 14.7. The average molecular weight is 284 g/mol. The van der Waals surface area contributed by atoms with Crippen LogP contribution in [0.3, 0.4) is 0 Å². The van der Waals surface area contributed by atoms with Gasteiger partial charge in [0.15, 0.2) is 5.13 Å². The molecule has 1 saturated heterocycles. The smallest absolute Gasteiger partial charge is 0.185 e. The zero-order valence-electron chi connectivity index (χ0n) is 11.7. The molecule has 1 aromatic rings. The van der Waals surface area contributed by atoms with Crippen molar-refractivity contribution in [2.75, 3.05) is 63.9 Å². The van der Waals surface area contributed by atoms with Gasteiger partial charge in [0.05, 0.1) is 6.61 Å². The van der Waals surface area contributed by atoms with Crippen molar-refractivity contribution in [3.8, 4) is 0 Å². The van der Waals surface area contributed by atoms with Gasteiger partial charge in [0.2, 0.25) is 0 Å². The Morgan fingerprint density at radius 1 is 1.32 bits per heavy atom. The Hall–Kier alpha value is -0.690. The molecular formula is C13H24N4OS. The Bertz CT molecular complexity index is 325. The van der Waals surface area contributed by atoms with E-state index in [-0.39, 0.29) is 0 Å². The summed E-state index contributed by atoms with van der Waals surface area (Å²) >= 11 is 1.73. The number of piperazine rings is 1. The van der Waals surface area contributed by atoms with Gasteiger partial charge in [-0.1, -0.05) is 0 Å². The number of ether oxygens (including phenoxy) is 1. The first-order valence-corrected chi connectivity index (χ1v) is 7.93. The van der Waals surface area contributed by atoms with Crippen molar-refractivity contribution in [1.82, 2.24) is 15.2 Å². The molecule has 1 aromatic heterocycles. The molecule has 1 N–H and O–H groups in total. The fourth-order valence-electron chi connectivity index (χ4n) is 2.19. The number of anilines is 1. The lowest BCUT2D eigenvalue weighted by Crippen LogP contribution is -2.48. The lowest BCUT2D eigenvalue weighted by atomic mass is 10.3. The Labute approximate surface area is 119 Å². The van der Waals surface area contributed by atoms with E-state index in [1.165, 1.54) is 0 Å². The Balaban J connectivity index is 1.54. The van der Waals surface area contributed by atoms with Crippen LogP contribution in [0.15, 0.2) is 11.6 Å². The zero-order valence-corrected chi connectivity index (χ0v) is 12.5. The van der Waals surface area contributed by atoms with Crippen LogP contribution in [0.4, 0.5) is 5.13 Å². The molecule has 0 bridgehead atoms. The molecule has 0 aromatic carbocycles. The molecule has 0 aliphatic carbocycles. The van der Waals surface area contributed by atoms with Crippen LogP contribution >= 0.6 is 11.3 Å². The fraction of sp³-hybridized carbons (Fsp3) is 0.769. The second kappa shape index (κ2) is 8.47. The van der Waals surface area contributed by atoms with E-state index in [0.717, 1.165) is 64.2 Å². The molecule has 108 valence electrons. The molecule has 0 unspecified atom stereocenters. The summed E-state index contributed by atoms with van der Waals surface area (Å²) in [5, 5.41) is 6.62. The SMILES string of the molecule is CCOCCNCCN1CCN(c2nccs2)CC1. The average Bonchev–Trinajstić information content (AvgIpc) is 2.97. The Morgan fingerprint density at radius 3 is 2.84 bits per heavy atom. The van der Waals surface area contributed by atoms with Gasteiger partial charge in [-0.15, -0.1) is 11.3 Å². The number of hydrogen-bond acceptors (Lipinski definition) is 6. The minimum Gasteiger partial charge on any atom is -0.380 e. The van der Waals surface area contributed by atoms with E-state index in [9.17, 15) is 0 Å². The molecule has 1 aliphatic heterocycles. The van der Waals surface area contributed by atoms with E-state index in [1.807, 2.05) is 18.5 Å². The summed E-state index contributed by atoms with van der Waals surface area (Å²) in [5.74, 6) is 0. The summed E-state index contributed by atoms with van der Waals surface area (Å²) < 4.78 is 5.29. The molecular weight excluding hydrogens is 260 g/mol. The highest BCUT2D eigenvalue weighted by molar-refractivity contribution is 7.13. The molecule has 0 amide bonds. The van der Waals surface area contributed by atoms with Crippen LogP contribution in [0.25, 0.3) is 0 Å². The molecule has 2 rings (SSSR count). The first-order valence-electron chi connectivity index (χ1n) is 7.05. The number of aromatic nitrogens is 1. The topological polar surface area (TPSA) is 40.6 Å². The number of nitrogens with one attached hydrogen (secondary N) is 1. The third kappa shape index (κ3) is 5.06. The van der Waals surface area contributed by atoms with Crippen molar-refractivity contribution in [2.45, 2.75) is 6.92 Å². The number of nitrogens with zero attached hydrogens (tertiary/aromatic N) is 3. The molecule has 1 fully saturated rings. The maximum Gasteiger partial charge on any atom is 0.185 e. The summed E-state index contributed by atoms with van der Waals surface area (Å²) in [6.45, 7) is 11.2. The predicted molar refractivity (Wildman–Crippen MR) is 80.1 cm³/mol. The highest BCUT2D eigenvalue weighted by Gasteiger charge is 2.17. The zero-order chi connectivity index (χ0) is 13.3. The van der Waals surface area contributed by atoms with E-state index in [2.05, 4.69) is 20.1 Å². The normalized spacial score (nSPS) is 17.0. The van der Waals surface area contributed by atoms with Crippen LogP contribution in [0.5, 0.6) is 0 Å². The quantitative estimate of drug-likeness (QED) is 0.718. The second-order valence-corrected chi connectivity index (χ2v) is 5.46. The van der Waals surface area contributed by atoms with Crippen LogP contribution < -0.4 is 10.2 Å². The first-order chi connectivity index (χ1) is 9.40. The summed E-state index contributed by atoms with van der Waals surface area (Å²) in [6.07, 6.45) is 1.88. The summed E-state index contributed by atoms with van der Waals surface area (Å²) in [6, 6.07) is 0. The van der Waals surface area contributed by atoms with Gasteiger partial charge in [-0.25, -0.2) is 4.98 Å². The van der Waals surface area contributed by atoms with Gasteiger partial charge in [0.25, 0.3) is 0 Å². The number of thiazole rings is 1. The maximum absolute atomic E-state index is 5.29. The van der Waals surface area contributed by atoms with Gasteiger partial charge in [0, 0.05) is 64.0 Å². The van der Waals surface area contributed by atoms with Gasteiger partial charge in [0.1, 0.15) is 0 Å². The molecule has 0 spiro atoms. The molecule has 6 heteroatoms. The van der Waals surface area contributed by atoms with Crippen molar-refractivity contribution < 1.29 is 4.74 Å². The van der Waals surface area contributed by atoms with Crippen LogP contribution in [0.2, 0.25) is 0 Å². The summed E-state index contributed by atoms with van der Waals surface area (Å²) in [7, 11) is 0. The van der Waals surface area contributed by atoms with Crippen molar-refractivity contribution >= 4 is 16.5 Å². The highest BCUT2D eigenvalue weighted by atomic mass is 32.1. The number of hydrogen-bond donors (Lipinski definition) is 1. The van der Waals surface area contributed by atoms with E-state index in [0.29, 0.717) is 0 Å². The lowest BCUT2D eigenvalue weighted by molar-refractivity contribution is 0.148. The van der Waals surface area contributed by atoms with Gasteiger partial charge >= 0.3 is 0 Å². The van der Waals surface area contributed by atoms with Gasteiger partial charge in [-0.3, -0.25) is 4.90 Å². The number of rotatable bonds is 8. The Kier molecular flexibility index (Phi) is 6.56. The Morgan fingerprint density at radius 2 is 2.16 bits per heavy atom. The standard InChI is InChI=1S/C13H24N4OS/c1-2-18-11-4-14-3-6-16-7-9-17(10-8-16)13-15-5-12-19-13/h5,12,14H,2-4,6-11H2,1H3. The summed E-state index contributed by atoms with van der Waals surface area (Å²) in [5.41, 5.74) is 0. The van der Waals surface area contributed by atoms with Crippen LogP contribution in [0.1, 0.15) is 6.92 Å². The fourth-order valence-corrected chi connectivity index (χ4v) is 2.88. The van der Waals surface area contributed by atoms with Crippen molar-refractivity contribution in [2.24, 2.45) is 0 Å². The van der Waals surface area contributed by atoms with Gasteiger partial charge in [-0.05, 0) is 6.92 Å². The third-order valence-electron chi connectivity index (χ3n) is 3.29. The van der Waals surface area contributed by atoms with Gasteiger partial charge in [-0.2, -0.15) is 0 Å². The molecule has 0 radical (unpaired) electrons. The molecule has 2 heterocycles. The summed E-state index contributed by atoms with van der Waals surface area (Å²) in [4.78, 5) is 9.26. The molecule has 1 aliphatic rings. The predicted octanol–water partition coefficient (Wildman–Crippen LogP) is 0.891. The van der Waals surface area contributed by atoms with E-state index in [4.69, 9.17) is 4.74 Å². The molecule has 0 saturated carbocycles. The van der Waals surface area contributed by atoms with E-state index >= 15 is 0 Å². The van der Waals surface area contributed by atoms with Crippen molar-refractivity contribution in [1.29, 1.82) is 0 Å². The largest absolute Gasteiger partial charge is 0.380 e. The van der Waals surface area contributed by atoms with Crippen LogP contribution in [-0.4, -0.2) is 68.9 Å². The van der Waals surface area contributed by atoms with Crippen LogP contribution in [0, 0.1) is 0 Å².